The lowest BCUT2D eigenvalue weighted by molar-refractivity contribution is -0.131. The van der Waals surface area contributed by atoms with E-state index in [1.54, 1.807) is 0 Å². The van der Waals surface area contributed by atoms with Crippen molar-refractivity contribution < 1.29 is 19.8 Å². The highest BCUT2D eigenvalue weighted by Gasteiger charge is 2.13. The van der Waals surface area contributed by atoms with Crippen LogP contribution < -0.4 is 5.32 Å². The first kappa shape index (κ1) is 13.6. The second-order valence-electron chi connectivity index (χ2n) is 3.54. The lowest BCUT2D eigenvalue weighted by Crippen LogP contribution is -2.38. The van der Waals surface area contributed by atoms with E-state index in [4.69, 9.17) is 10.2 Å². The molecule has 0 aliphatic carbocycles. The van der Waals surface area contributed by atoms with E-state index in [0.29, 0.717) is 6.42 Å². The lowest BCUT2D eigenvalue weighted by atomic mass is 10.0. The van der Waals surface area contributed by atoms with Crippen molar-refractivity contribution in [2.75, 3.05) is 6.61 Å². The van der Waals surface area contributed by atoms with Gasteiger partial charge in [-0.05, 0) is 12.3 Å². The molecule has 0 aromatic heterocycles. The molecule has 0 bridgehead atoms. The molecule has 0 heterocycles. The van der Waals surface area contributed by atoms with Crippen LogP contribution in [0.5, 0.6) is 0 Å². The summed E-state index contributed by atoms with van der Waals surface area (Å²) in [6.07, 6.45) is 2.21. The third-order valence-corrected chi connectivity index (χ3v) is 1.95. The summed E-state index contributed by atoms with van der Waals surface area (Å²) in [6, 6.07) is -0.138. The number of rotatable bonds is 6. The van der Waals surface area contributed by atoms with Crippen LogP contribution in [-0.4, -0.2) is 34.7 Å². The van der Waals surface area contributed by atoms with Gasteiger partial charge in [0.1, 0.15) is 0 Å². The molecule has 0 fully saturated rings. The summed E-state index contributed by atoms with van der Waals surface area (Å²) in [7, 11) is 0. The number of aliphatic carboxylic acids is 1. The first-order chi connectivity index (χ1) is 6.97. The predicted molar refractivity (Wildman–Crippen MR) is 55.2 cm³/mol. The number of carbonyl (C=O) groups excluding carboxylic acids is 1. The number of aliphatic hydroxyl groups excluding tert-OH is 1. The second kappa shape index (κ2) is 7.00. The molecular weight excluding hydrogens is 198 g/mol. The van der Waals surface area contributed by atoms with Crippen LogP contribution >= 0.6 is 0 Å². The fraction of sp³-hybridized carbons (Fsp3) is 0.600. The maximum atomic E-state index is 11.2. The molecule has 1 atom stereocenters. The van der Waals surface area contributed by atoms with Crippen molar-refractivity contribution in [3.8, 4) is 0 Å². The highest BCUT2D eigenvalue weighted by atomic mass is 16.4. The van der Waals surface area contributed by atoms with Crippen LogP contribution in [0.1, 0.15) is 20.3 Å². The Hall–Kier alpha value is -1.36. The molecule has 0 aliphatic heterocycles. The van der Waals surface area contributed by atoms with Crippen LogP contribution in [-0.2, 0) is 9.59 Å². The van der Waals surface area contributed by atoms with Gasteiger partial charge in [-0.1, -0.05) is 13.8 Å². The van der Waals surface area contributed by atoms with Crippen molar-refractivity contribution in [1.82, 2.24) is 5.32 Å². The summed E-state index contributed by atoms with van der Waals surface area (Å²) in [4.78, 5) is 21.3. The Labute approximate surface area is 88.8 Å². The molecule has 0 radical (unpaired) electrons. The molecule has 0 rings (SSSR count). The standard InChI is InChI=1S/C10H17NO4/c1-7(2)8(5-6-12)11-9(13)3-4-10(14)15/h3-4,7-8,12H,5-6H2,1-2H3,(H,11,13)(H,14,15)/b4-3+. The van der Waals surface area contributed by atoms with Crippen LogP contribution in [0.2, 0.25) is 0 Å². The van der Waals surface area contributed by atoms with Crippen molar-refractivity contribution >= 4 is 11.9 Å². The third kappa shape index (κ3) is 6.68. The summed E-state index contributed by atoms with van der Waals surface area (Å²) >= 11 is 0. The van der Waals surface area contributed by atoms with Crippen molar-refractivity contribution in [2.45, 2.75) is 26.3 Å². The number of carboxylic acids is 1. The van der Waals surface area contributed by atoms with E-state index in [2.05, 4.69) is 5.32 Å². The Morgan fingerprint density at radius 2 is 1.93 bits per heavy atom. The topological polar surface area (TPSA) is 86.6 Å². The lowest BCUT2D eigenvalue weighted by Gasteiger charge is -2.20. The highest BCUT2D eigenvalue weighted by molar-refractivity contribution is 5.93. The van der Waals surface area contributed by atoms with Crippen LogP contribution in [0, 0.1) is 5.92 Å². The fourth-order valence-corrected chi connectivity index (χ4v) is 1.09. The average Bonchev–Trinajstić information content (AvgIpc) is 2.14. The smallest absolute Gasteiger partial charge is 0.328 e. The molecule has 0 aliphatic rings. The second-order valence-corrected chi connectivity index (χ2v) is 3.54. The molecule has 0 aromatic rings. The Bertz CT molecular complexity index is 248. The molecule has 5 nitrogen and oxygen atoms in total. The third-order valence-electron chi connectivity index (χ3n) is 1.95. The van der Waals surface area contributed by atoms with Crippen molar-refractivity contribution in [1.29, 1.82) is 0 Å². The Kier molecular flexibility index (Phi) is 6.37. The van der Waals surface area contributed by atoms with Gasteiger partial charge in [-0.15, -0.1) is 0 Å². The van der Waals surface area contributed by atoms with E-state index >= 15 is 0 Å². The van der Waals surface area contributed by atoms with Gasteiger partial charge in [0.15, 0.2) is 0 Å². The molecule has 1 unspecified atom stereocenters. The molecule has 15 heavy (non-hydrogen) atoms. The van der Waals surface area contributed by atoms with Crippen LogP contribution in [0.3, 0.4) is 0 Å². The van der Waals surface area contributed by atoms with Crippen LogP contribution in [0.25, 0.3) is 0 Å². The largest absolute Gasteiger partial charge is 0.478 e. The molecule has 0 aromatic carbocycles. The molecule has 5 heteroatoms. The summed E-state index contributed by atoms with van der Waals surface area (Å²) in [5.41, 5.74) is 0. The molecule has 3 N–H and O–H groups in total. The maximum absolute atomic E-state index is 11.2. The maximum Gasteiger partial charge on any atom is 0.328 e. The number of aliphatic hydroxyl groups is 1. The molecule has 0 saturated heterocycles. The first-order valence-corrected chi connectivity index (χ1v) is 4.79. The monoisotopic (exact) mass is 215 g/mol. The van der Waals surface area contributed by atoms with Gasteiger partial charge in [0.05, 0.1) is 0 Å². The minimum absolute atomic E-state index is 0.00816. The van der Waals surface area contributed by atoms with Crippen LogP contribution in [0.15, 0.2) is 12.2 Å². The zero-order chi connectivity index (χ0) is 11.8. The van der Waals surface area contributed by atoms with E-state index in [9.17, 15) is 9.59 Å². The SMILES string of the molecule is CC(C)C(CCO)NC(=O)/C=C/C(=O)O. The van der Waals surface area contributed by atoms with E-state index in [0.717, 1.165) is 12.2 Å². The number of nitrogens with one attached hydrogen (secondary N) is 1. The van der Waals surface area contributed by atoms with E-state index in [-0.39, 0.29) is 18.6 Å². The molecule has 86 valence electrons. The Morgan fingerprint density at radius 3 is 2.33 bits per heavy atom. The molecule has 0 spiro atoms. The van der Waals surface area contributed by atoms with Gasteiger partial charge in [-0.25, -0.2) is 4.79 Å². The van der Waals surface area contributed by atoms with Gasteiger partial charge in [0, 0.05) is 24.8 Å². The van der Waals surface area contributed by atoms with Gasteiger partial charge in [0.25, 0.3) is 0 Å². The number of hydrogen-bond donors (Lipinski definition) is 3. The number of carboxylic acid groups (broad SMARTS) is 1. The Balaban J connectivity index is 4.16. The number of amides is 1. The summed E-state index contributed by atoms with van der Waals surface area (Å²) in [5, 5.41) is 19.7. The molecule has 0 saturated carbocycles. The van der Waals surface area contributed by atoms with Crippen molar-refractivity contribution in [3.63, 3.8) is 0 Å². The zero-order valence-electron chi connectivity index (χ0n) is 8.93. The van der Waals surface area contributed by atoms with Gasteiger partial charge in [0.2, 0.25) is 5.91 Å². The predicted octanol–water partition coefficient (Wildman–Crippen LogP) is 0.150. The van der Waals surface area contributed by atoms with Crippen molar-refractivity contribution in [2.24, 2.45) is 5.92 Å². The molecule has 1 amide bonds. The Morgan fingerprint density at radius 1 is 1.33 bits per heavy atom. The number of carbonyl (C=O) groups is 2. The zero-order valence-corrected chi connectivity index (χ0v) is 8.93. The summed E-state index contributed by atoms with van der Waals surface area (Å²) < 4.78 is 0. The summed E-state index contributed by atoms with van der Waals surface area (Å²) in [5.74, 6) is -1.42. The summed E-state index contributed by atoms with van der Waals surface area (Å²) in [6.45, 7) is 3.83. The average molecular weight is 215 g/mol. The van der Waals surface area contributed by atoms with Crippen LogP contribution in [0.4, 0.5) is 0 Å². The van der Waals surface area contributed by atoms with Gasteiger partial charge >= 0.3 is 5.97 Å². The first-order valence-electron chi connectivity index (χ1n) is 4.79. The minimum atomic E-state index is -1.16. The fourth-order valence-electron chi connectivity index (χ4n) is 1.09. The van der Waals surface area contributed by atoms with Crippen molar-refractivity contribution in [3.05, 3.63) is 12.2 Å². The highest BCUT2D eigenvalue weighted by Crippen LogP contribution is 2.05. The van der Waals surface area contributed by atoms with E-state index in [1.807, 2.05) is 13.8 Å². The normalized spacial score (nSPS) is 13.1. The van der Waals surface area contributed by atoms with Gasteiger partial charge in [-0.3, -0.25) is 4.79 Å². The van der Waals surface area contributed by atoms with E-state index in [1.165, 1.54) is 0 Å². The number of hydrogen-bond acceptors (Lipinski definition) is 3. The van der Waals surface area contributed by atoms with Gasteiger partial charge in [-0.2, -0.15) is 0 Å². The van der Waals surface area contributed by atoms with E-state index < -0.39 is 11.9 Å². The minimum Gasteiger partial charge on any atom is -0.478 e. The van der Waals surface area contributed by atoms with Gasteiger partial charge < -0.3 is 15.5 Å². The molecular formula is C10H17NO4. The quantitative estimate of drug-likeness (QED) is 0.550.